The minimum absolute atomic E-state index is 0.111. The summed E-state index contributed by atoms with van der Waals surface area (Å²) in [7, 11) is 0. The quantitative estimate of drug-likeness (QED) is 0.656. The molecule has 2 aromatic carbocycles. The maximum absolute atomic E-state index is 12.8. The molecule has 2 atom stereocenters. The van der Waals surface area contributed by atoms with Crippen molar-refractivity contribution in [3.05, 3.63) is 69.6 Å². The van der Waals surface area contributed by atoms with Crippen molar-refractivity contribution < 1.29 is 9.90 Å². The largest absolute Gasteiger partial charge is 0.390 e. The van der Waals surface area contributed by atoms with Gasteiger partial charge in [-0.1, -0.05) is 37.1 Å². The van der Waals surface area contributed by atoms with Gasteiger partial charge in [-0.15, -0.1) is 0 Å². The number of aliphatic hydroxyl groups excluding tert-OH is 1. The smallest absolute Gasteiger partial charge is 0.326 e. The van der Waals surface area contributed by atoms with Crippen molar-refractivity contribution in [2.24, 2.45) is 0 Å². The van der Waals surface area contributed by atoms with Crippen LogP contribution in [0.25, 0.3) is 11.0 Å². The van der Waals surface area contributed by atoms with Crippen LogP contribution in [-0.2, 0) is 6.42 Å². The molecule has 1 heterocycles. The first-order valence-electron chi connectivity index (χ1n) is 9.93. The highest BCUT2D eigenvalue weighted by atomic mass is 16.3. The van der Waals surface area contributed by atoms with Gasteiger partial charge in [0.15, 0.2) is 0 Å². The molecule has 0 bridgehead atoms. The summed E-state index contributed by atoms with van der Waals surface area (Å²) in [4.78, 5) is 28.2. The molecule has 1 saturated carbocycles. The highest BCUT2D eigenvalue weighted by molar-refractivity contribution is 5.97. The van der Waals surface area contributed by atoms with E-state index in [0.29, 0.717) is 17.5 Å². The number of aromatic nitrogens is 2. The lowest BCUT2D eigenvalue weighted by atomic mass is 10.1. The molecule has 144 valence electrons. The lowest BCUT2D eigenvalue weighted by Gasteiger charge is -2.18. The van der Waals surface area contributed by atoms with E-state index < -0.39 is 12.1 Å². The van der Waals surface area contributed by atoms with E-state index in [1.54, 1.807) is 12.1 Å². The molecule has 0 spiro atoms. The number of imidazole rings is 1. The number of carbonyl (C=O) groups is 1. The van der Waals surface area contributed by atoms with Gasteiger partial charge in [0.2, 0.25) is 0 Å². The highest BCUT2D eigenvalue weighted by Gasteiger charge is 2.32. The average molecular weight is 377 g/mol. The number of amides is 1. The topological polar surface area (TPSA) is 87.1 Å². The van der Waals surface area contributed by atoms with Crippen molar-refractivity contribution in [2.75, 3.05) is 0 Å². The monoisotopic (exact) mass is 377 g/mol. The average Bonchev–Trinajstić information content (AvgIpc) is 3.39. The predicted octanol–water partition coefficient (Wildman–Crippen LogP) is 2.83. The molecular formula is C22H23N3O3. The summed E-state index contributed by atoms with van der Waals surface area (Å²) in [5.74, 6) is -0.253. The van der Waals surface area contributed by atoms with E-state index in [1.165, 1.54) is 0 Å². The summed E-state index contributed by atoms with van der Waals surface area (Å²) in [6, 6.07) is 12.9. The number of rotatable bonds is 3. The van der Waals surface area contributed by atoms with Gasteiger partial charge >= 0.3 is 5.69 Å². The van der Waals surface area contributed by atoms with E-state index in [-0.39, 0.29) is 17.6 Å². The molecule has 1 amide bonds. The second-order valence-electron chi connectivity index (χ2n) is 7.89. The number of carbonyl (C=O) groups excluding carboxylic acids is 1. The Labute approximate surface area is 162 Å². The molecule has 6 heteroatoms. The third kappa shape index (κ3) is 2.76. The Bertz CT molecular complexity index is 1110. The van der Waals surface area contributed by atoms with Crippen LogP contribution >= 0.6 is 0 Å². The molecule has 0 aliphatic heterocycles. The number of aliphatic hydroxyl groups is 1. The van der Waals surface area contributed by atoms with Gasteiger partial charge in [-0.3, -0.25) is 9.36 Å². The zero-order chi connectivity index (χ0) is 19.3. The van der Waals surface area contributed by atoms with Gasteiger partial charge in [0.1, 0.15) is 0 Å². The Hall–Kier alpha value is -2.86. The van der Waals surface area contributed by atoms with Crippen LogP contribution in [0.5, 0.6) is 0 Å². The van der Waals surface area contributed by atoms with E-state index in [2.05, 4.69) is 10.3 Å². The first kappa shape index (κ1) is 17.3. The molecule has 5 rings (SSSR count). The maximum Gasteiger partial charge on any atom is 0.326 e. The third-order valence-electron chi connectivity index (χ3n) is 6.16. The molecule has 3 N–H and O–H groups in total. The van der Waals surface area contributed by atoms with Gasteiger partial charge in [-0.05, 0) is 42.2 Å². The van der Waals surface area contributed by atoms with Crippen molar-refractivity contribution in [2.45, 2.75) is 50.3 Å². The van der Waals surface area contributed by atoms with Crippen LogP contribution in [0, 0.1) is 0 Å². The molecule has 28 heavy (non-hydrogen) atoms. The summed E-state index contributed by atoms with van der Waals surface area (Å²) >= 11 is 0. The Balaban J connectivity index is 1.43. The molecule has 2 aliphatic carbocycles. The van der Waals surface area contributed by atoms with Crippen LogP contribution in [0.3, 0.4) is 0 Å². The Morgan fingerprint density at radius 3 is 2.75 bits per heavy atom. The fourth-order valence-corrected chi connectivity index (χ4v) is 4.77. The van der Waals surface area contributed by atoms with Gasteiger partial charge in [0, 0.05) is 18.0 Å². The van der Waals surface area contributed by atoms with Crippen molar-refractivity contribution in [3.63, 3.8) is 0 Å². The highest BCUT2D eigenvalue weighted by Crippen LogP contribution is 2.32. The lowest BCUT2D eigenvalue weighted by Crippen LogP contribution is -2.33. The normalized spacial score (nSPS) is 21.9. The number of nitrogens with zero attached hydrogens (tertiary/aromatic N) is 1. The Kier molecular flexibility index (Phi) is 4.09. The third-order valence-corrected chi connectivity index (χ3v) is 6.16. The van der Waals surface area contributed by atoms with Crippen LogP contribution in [0.2, 0.25) is 0 Å². The number of nitrogens with one attached hydrogen (secondary N) is 2. The second-order valence-corrected chi connectivity index (χ2v) is 7.89. The summed E-state index contributed by atoms with van der Waals surface area (Å²) in [5, 5.41) is 13.3. The SMILES string of the molecule is O=C(N[C@H]1c2ccccc2C[C@H]1O)c1ccc2c(c1)[nH]c(=O)n2C1CCCC1. The molecular weight excluding hydrogens is 354 g/mol. The van der Waals surface area contributed by atoms with Crippen molar-refractivity contribution in [1.82, 2.24) is 14.9 Å². The van der Waals surface area contributed by atoms with E-state index in [1.807, 2.05) is 34.9 Å². The van der Waals surface area contributed by atoms with Crippen molar-refractivity contribution >= 4 is 16.9 Å². The zero-order valence-electron chi connectivity index (χ0n) is 15.5. The van der Waals surface area contributed by atoms with E-state index in [9.17, 15) is 14.7 Å². The van der Waals surface area contributed by atoms with Gasteiger partial charge in [0.05, 0.1) is 23.2 Å². The number of benzene rings is 2. The van der Waals surface area contributed by atoms with Gasteiger partial charge < -0.3 is 15.4 Å². The molecule has 0 radical (unpaired) electrons. The van der Waals surface area contributed by atoms with Crippen molar-refractivity contribution in [3.8, 4) is 0 Å². The standard InChI is InChI=1S/C22H23N3O3/c26-19-12-13-5-1-4-8-16(13)20(19)24-21(27)14-9-10-18-17(11-14)23-22(28)25(18)15-6-2-3-7-15/h1,4-5,8-11,15,19-20,26H,2-3,6-7,12H2,(H,23,28)(H,24,27)/t19-,20+/m1/s1. The molecule has 0 unspecified atom stereocenters. The van der Waals surface area contributed by atoms with E-state index in [0.717, 1.165) is 42.3 Å². The minimum Gasteiger partial charge on any atom is -0.390 e. The maximum atomic E-state index is 12.8. The van der Waals surface area contributed by atoms with Crippen LogP contribution in [0.4, 0.5) is 0 Å². The molecule has 1 aromatic heterocycles. The van der Waals surface area contributed by atoms with Crippen LogP contribution < -0.4 is 11.0 Å². The number of H-pyrrole nitrogens is 1. The first-order chi connectivity index (χ1) is 13.6. The molecule has 3 aromatic rings. The number of aromatic amines is 1. The van der Waals surface area contributed by atoms with E-state index in [4.69, 9.17) is 0 Å². The number of fused-ring (bicyclic) bond motifs is 2. The lowest BCUT2D eigenvalue weighted by molar-refractivity contribution is 0.0858. The van der Waals surface area contributed by atoms with Gasteiger partial charge in [-0.2, -0.15) is 0 Å². The minimum atomic E-state index is -0.631. The Morgan fingerprint density at radius 1 is 1.14 bits per heavy atom. The zero-order valence-corrected chi connectivity index (χ0v) is 15.5. The van der Waals surface area contributed by atoms with E-state index >= 15 is 0 Å². The van der Waals surface area contributed by atoms with Crippen LogP contribution in [0.15, 0.2) is 47.3 Å². The van der Waals surface area contributed by atoms with Gasteiger partial charge in [0.25, 0.3) is 5.91 Å². The fourth-order valence-electron chi connectivity index (χ4n) is 4.77. The fraction of sp³-hybridized carbons (Fsp3) is 0.364. The number of hydrogen-bond acceptors (Lipinski definition) is 3. The summed E-state index contributed by atoms with van der Waals surface area (Å²) in [6.45, 7) is 0. The first-order valence-corrected chi connectivity index (χ1v) is 9.93. The Morgan fingerprint density at radius 2 is 1.93 bits per heavy atom. The number of hydrogen-bond donors (Lipinski definition) is 3. The van der Waals surface area contributed by atoms with Crippen molar-refractivity contribution in [1.29, 1.82) is 0 Å². The molecule has 0 saturated heterocycles. The molecule has 2 aliphatic rings. The molecule has 6 nitrogen and oxygen atoms in total. The second kappa shape index (κ2) is 6.63. The predicted molar refractivity (Wildman–Crippen MR) is 106 cm³/mol. The summed E-state index contributed by atoms with van der Waals surface area (Å²) < 4.78 is 1.83. The van der Waals surface area contributed by atoms with Gasteiger partial charge in [-0.25, -0.2) is 4.79 Å². The summed E-state index contributed by atoms with van der Waals surface area (Å²) in [6.07, 6.45) is 4.25. The summed E-state index contributed by atoms with van der Waals surface area (Å²) in [5.41, 5.74) is 3.92. The van der Waals surface area contributed by atoms with Crippen LogP contribution in [-0.4, -0.2) is 26.7 Å². The molecule has 1 fully saturated rings. The van der Waals surface area contributed by atoms with Crippen LogP contribution in [0.1, 0.15) is 59.3 Å².